The molecule has 1 fully saturated rings. The van der Waals surface area contributed by atoms with Gasteiger partial charge in [-0.3, -0.25) is 4.79 Å². The van der Waals surface area contributed by atoms with Gasteiger partial charge >= 0.3 is 0 Å². The molecule has 0 aliphatic carbocycles. The van der Waals surface area contributed by atoms with Crippen LogP contribution >= 0.6 is 11.6 Å². The minimum Gasteiger partial charge on any atom is -0.375 e. The van der Waals surface area contributed by atoms with Crippen molar-refractivity contribution in [2.24, 2.45) is 0 Å². The van der Waals surface area contributed by atoms with Crippen molar-refractivity contribution in [1.29, 1.82) is 0 Å². The number of halogens is 1. The normalized spacial score (nSPS) is 24.8. The topological polar surface area (TPSA) is 29.5 Å². The second kappa shape index (κ2) is 5.07. The maximum atomic E-state index is 10.7. The number of morpholine rings is 1. The molecule has 2 atom stereocenters. The van der Waals surface area contributed by atoms with Crippen LogP contribution in [0.1, 0.15) is 24.2 Å². The maximum absolute atomic E-state index is 10.7. The Morgan fingerprint density at radius 3 is 2.88 bits per heavy atom. The third-order valence-electron chi connectivity index (χ3n) is 3.05. The molecule has 1 aromatic carbocycles. The van der Waals surface area contributed by atoms with E-state index in [0.717, 1.165) is 18.5 Å². The van der Waals surface area contributed by atoms with Crippen LogP contribution in [0.2, 0.25) is 5.02 Å². The lowest BCUT2D eigenvalue weighted by Gasteiger charge is -2.38. The Hall–Kier alpha value is -1.06. The summed E-state index contributed by atoms with van der Waals surface area (Å²) in [6.07, 6.45) is 0.994. The van der Waals surface area contributed by atoms with Gasteiger partial charge in [-0.25, -0.2) is 0 Å². The van der Waals surface area contributed by atoms with Gasteiger partial charge in [-0.2, -0.15) is 0 Å². The summed E-state index contributed by atoms with van der Waals surface area (Å²) in [5, 5.41) is 0.504. The molecule has 0 amide bonds. The zero-order valence-corrected chi connectivity index (χ0v) is 10.8. The first-order chi connectivity index (χ1) is 8.11. The van der Waals surface area contributed by atoms with Crippen molar-refractivity contribution < 1.29 is 9.53 Å². The van der Waals surface area contributed by atoms with Gasteiger partial charge in [-0.1, -0.05) is 11.6 Å². The first-order valence-corrected chi connectivity index (χ1v) is 6.12. The van der Waals surface area contributed by atoms with Gasteiger partial charge in [-0.05, 0) is 32.0 Å². The molecule has 2 unspecified atom stereocenters. The molecule has 17 heavy (non-hydrogen) atoms. The lowest BCUT2D eigenvalue weighted by atomic mass is 10.1. The van der Waals surface area contributed by atoms with Crippen molar-refractivity contribution in [3.05, 3.63) is 28.8 Å². The summed E-state index contributed by atoms with van der Waals surface area (Å²) in [6.45, 7) is 5.74. The molecular weight excluding hydrogens is 238 g/mol. The number of hydrogen-bond acceptors (Lipinski definition) is 3. The van der Waals surface area contributed by atoms with E-state index in [1.165, 1.54) is 0 Å². The molecule has 0 aromatic heterocycles. The van der Waals surface area contributed by atoms with Crippen molar-refractivity contribution in [3.8, 4) is 0 Å². The Morgan fingerprint density at radius 2 is 2.24 bits per heavy atom. The second-order valence-electron chi connectivity index (χ2n) is 4.47. The third-order valence-corrected chi connectivity index (χ3v) is 3.38. The highest BCUT2D eigenvalue weighted by Gasteiger charge is 2.23. The molecule has 0 N–H and O–H groups in total. The Balaban J connectivity index is 2.26. The summed E-state index contributed by atoms with van der Waals surface area (Å²) in [5.74, 6) is 0. The summed E-state index contributed by atoms with van der Waals surface area (Å²) in [7, 11) is 0. The largest absolute Gasteiger partial charge is 0.375 e. The number of ether oxygens (including phenoxy) is 1. The van der Waals surface area contributed by atoms with Gasteiger partial charge in [0.15, 0.2) is 6.29 Å². The lowest BCUT2D eigenvalue weighted by molar-refractivity contribution is 0.0344. The molecule has 3 nitrogen and oxygen atoms in total. The van der Waals surface area contributed by atoms with Crippen molar-refractivity contribution in [2.45, 2.75) is 26.0 Å². The van der Waals surface area contributed by atoms with Gasteiger partial charge in [-0.15, -0.1) is 0 Å². The van der Waals surface area contributed by atoms with E-state index in [9.17, 15) is 4.79 Å². The highest BCUT2D eigenvalue weighted by atomic mass is 35.5. The molecule has 0 radical (unpaired) electrons. The van der Waals surface area contributed by atoms with Crippen LogP contribution in [0.4, 0.5) is 5.69 Å². The molecule has 4 heteroatoms. The SMILES string of the molecule is CC1CN(c2ccc(C=O)c(Cl)c2)C(C)CO1. The number of benzene rings is 1. The number of nitrogens with zero attached hydrogens (tertiary/aromatic N) is 1. The molecular formula is C13H16ClNO2. The van der Waals surface area contributed by atoms with E-state index in [1.807, 2.05) is 12.1 Å². The van der Waals surface area contributed by atoms with Crippen LogP contribution in [0.5, 0.6) is 0 Å². The van der Waals surface area contributed by atoms with Crippen LogP contribution in [0.15, 0.2) is 18.2 Å². The fourth-order valence-corrected chi connectivity index (χ4v) is 2.27. The van der Waals surface area contributed by atoms with Crippen LogP contribution in [0.25, 0.3) is 0 Å². The standard InChI is InChI=1S/C13H16ClNO2/c1-9-8-17-10(2)6-15(9)12-4-3-11(7-16)13(14)5-12/h3-5,7,9-10H,6,8H2,1-2H3. The summed E-state index contributed by atoms with van der Waals surface area (Å²) in [4.78, 5) is 13.0. The molecule has 0 bridgehead atoms. The minimum atomic E-state index is 0.218. The Bertz CT molecular complexity index is 422. The molecule has 92 valence electrons. The Kier molecular flexibility index (Phi) is 3.69. The molecule has 1 aliphatic rings. The van der Waals surface area contributed by atoms with E-state index in [0.29, 0.717) is 23.2 Å². The number of carbonyl (C=O) groups excluding carboxylic acids is 1. The highest BCUT2D eigenvalue weighted by Crippen LogP contribution is 2.26. The number of carbonyl (C=O) groups is 1. The molecule has 2 rings (SSSR count). The third kappa shape index (κ3) is 2.61. The molecule has 0 spiro atoms. The van der Waals surface area contributed by atoms with Gasteiger partial charge in [0.1, 0.15) is 0 Å². The fourth-order valence-electron chi connectivity index (χ4n) is 2.05. The van der Waals surface area contributed by atoms with Crippen LogP contribution < -0.4 is 4.90 Å². The summed E-state index contributed by atoms with van der Waals surface area (Å²) < 4.78 is 5.59. The van der Waals surface area contributed by atoms with Crippen LogP contribution in [-0.4, -0.2) is 31.6 Å². The smallest absolute Gasteiger partial charge is 0.151 e. The molecule has 0 saturated carbocycles. The van der Waals surface area contributed by atoms with Gasteiger partial charge in [0.2, 0.25) is 0 Å². The van der Waals surface area contributed by atoms with Gasteiger partial charge in [0, 0.05) is 23.8 Å². The van der Waals surface area contributed by atoms with E-state index in [-0.39, 0.29) is 6.10 Å². The van der Waals surface area contributed by atoms with E-state index >= 15 is 0 Å². The maximum Gasteiger partial charge on any atom is 0.151 e. The summed E-state index contributed by atoms with van der Waals surface area (Å²) in [5.41, 5.74) is 1.58. The fraction of sp³-hybridized carbons (Fsp3) is 0.462. The van der Waals surface area contributed by atoms with Gasteiger partial charge < -0.3 is 9.64 Å². The Morgan fingerprint density at radius 1 is 1.47 bits per heavy atom. The van der Waals surface area contributed by atoms with Crippen molar-refractivity contribution in [2.75, 3.05) is 18.1 Å². The average molecular weight is 254 g/mol. The quantitative estimate of drug-likeness (QED) is 0.759. The van der Waals surface area contributed by atoms with E-state index in [1.54, 1.807) is 6.07 Å². The highest BCUT2D eigenvalue weighted by molar-refractivity contribution is 6.33. The van der Waals surface area contributed by atoms with E-state index in [4.69, 9.17) is 16.3 Å². The van der Waals surface area contributed by atoms with Crippen molar-refractivity contribution in [1.82, 2.24) is 0 Å². The number of anilines is 1. The second-order valence-corrected chi connectivity index (χ2v) is 4.88. The first kappa shape index (κ1) is 12.4. The lowest BCUT2D eigenvalue weighted by Crippen LogP contribution is -2.47. The van der Waals surface area contributed by atoms with Crippen LogP contribution in [0, 0.1) is 0 Å². The zero-order chi connectivity index (χ0) is 12.4. The zero-order valence-electron chi connectivity index (χ0n) is 10.0. The molecule has 1 heterocycles. The van der Waals surface area contributed by atoms with Gasteiger partial charge in [0.05, 0.1) is 17.7 Å². The van der Waals surface area contributed by atoms with E-state index < -0.39 is 0 Å². The number of hydrogen-bond donors (Lipinski definition) is 0. The van der Waals surface area contributed by atoms with Crippen LogP contribution in [-0.2, 0) is 4.74 Å². The van der Waals surface area contributed by atoms with Crippen molar-refractivity contribution >= 4 is 23.6 Å². The molecule has 1 saturated heterocycles. The summed E-state index contributed by atoms with van der Waals surface area (Å²) in [6, 6.07) is 5.87. The summed E-state index contributed by atoms with van der Waals surface area (Å²) >= 11 is 6.04. The van der Waals surface area contributed by atoms with Crippen LogP contribution in [0.3, 0.4) is 0 Å². The monoisotopic (exact) mass is 253 g/mol. The predicted octanol–water partition coefficient (Wildman–Crippen LogP) is 2.77. The molecule has 1 aromatic rings. The molecule has 1 aliphatic heterocycles. The van der Waals surface area contributed by atoms with Gasteiger partial charge in [0.25, 0.3) is 0 Å². The minimum absolute atomic E-state index is 0.218. The predicted molar refractivity (Wildman–Crippen MR) is 69.1 cm³/mol. The number of rotatable bonds is 2. The average Bonchev–Trinajstić information content (AvgIpc) is 2.32. The number of aldehydes is 1. The first-order valence-electron chi connectivity index (χ1n) is 5.75. The van der Waals surface area contributed by atoms with Crippen molar-refractivity contribution in [3.63, 3.8) is 0 Å². The Labute approximate surface area is 106 Å². The van der Waals surface area contributed by atoms with E-state index in [2.05, 4.69) is 18.7 Å².